The van der Waals surface area contributed by atoms with Crippen molar-refractivity contribution in [3.63, 3.8) is 0 Å². The first-order chi connectivity index (χ1) is 26.0. The molecule has 0 amide bonds. The first kappa shape index (κ1) is 43.6. The van der Waals surface area contributed by atoms with Crippen LogP contribution in [-0.4, -0.2) is 65.6 Å². The summed E-state index contributed by atoms with van der Waals surface area (Å²) in [6.45, 7) is 11.6. The van der Waals surface area contributed by atoms with Crippen molar-refractivity contribution in [3.05, 3.63) is 93.8 Å². The van der Waals surface area contributed by atoms with Crippen LogP contribution in [0.15, 0.2) is 82.5 Å². The largest absolute Gasteiger partial charge is 0.464 e. The standard InChI is InChI=1S/C36H50N4O13P2/c1-23(2)20-47-34(42)26(6)38-54(45,51-28-14-10-8-11-15-28)49-22-30-32(25(5)33(50-30)40-19-18-31(41)37-36(40)44)53-55(46,52-29-16-12-9-13-17-29)39-27(7)35(43)48-21-24(3)4/h8-19,23-27,30,32-33H,20-22H2,1-7H3,(H,38,45)(H,39,46)(H,37,41,44)/t25-,26-,27-,30+,32-,33+,54?,55?/m0/s1. The summed E-state index contributed by atoms with van der Waals surface area (Å²) in [7, 11) is -8.98. The van der Waals surface area contributed by atoms with Crippen molar-refractivity contribution < 1.29 is 51.0 Å². The molecule has 1 aliphatic heterocycles. The molecule has 3 aromatic rings. The number of aromatic amines is 1. The van der Waals surface area contributed by atoms with E-state index in [-0.39, 0.29) is 36.5 Å². The number of ether oxygens (including phenoxy) is 3. The molecule has 1 saturated heterocycles. The molecule has 0 saturated carbocycles. The van der Waals surface area contributed by atoms with Crippen molar-refractivity contribution in [1.29, 1.82) is 0 Å². The van der Waals surface area contributed by atoms with Crippen molar-refractivity contribution in [1.82, 2.24) is 19.7 Å². The number of nitrogens with one attached hydrogen (secondary N) is 3. The van der Waals surface area contributed by atoms with Gasteiger partial charge >= 0.3 is 33.1 Å². The minimum Gasteiger partial charge on any atom is -0.464 e. The summed E-state index contributed by atoms with van der Waals surface area (Å²) in [4.78, 5) is 52.7. The first-order valence-corrected chi connectivity index (χ1v) is 20.9. The van der Waals surface area contributed by atoms with Crippen LogP contribution in [0, 0.1) is 17.8 Å². The average molecular weight is 809 g/mol. The molecule has 17 nitrogen and oxygen atoms in total. The van der Waals surface area contributed by atoms with E-state index in [0.29, 0.717) is 0 Å². The number of nitrogens with zero attached hydrogens (tertiary/aromatic N) is 1. The number of aromatic nitrogens is 2. The maximum atomic E-state index is 14.7. The highest BCUT2D eigenvalue weighted by Gasteiger charge is 2.50. The van der Waals surface area contributed by atoms with Crippen LogP contribution in [0.5, 0.6) is 11.5 Å². The van der Waals surface area contributed by atoms with Crippen LogP contribution in [0.2, 0.25) is 0 Å². The van der Waals surface area contributed by atoms with Gasteiger partial charge in [0.25, 0.3) is 5.56 Å². The number of esters is 2. The molecule has 2 aromatic carbocycles. The zero-order valence-electron chi connectivity index (χ0n) is 31.8. The van der Waals surface area contributed by atoms with Gasteiger partial charge in [-0.05, 0) is 49.9 Å². The van der Waals surface area contributed by atoms with Crippen LogP contribution in [0.4, 0.5) is 0 Å². The molecule has 3 N–H and O–H groups in total. The summed E-state index contributed by atoms with van der Waals surface area (Å²) in [5.41, 5.74) is -1.45. The number of carbonyl (C=O) groups excluding carboxylic acids is 2. The molecule has 1 aromatic heterocycles. The lowest BCUT2D eigenvalue weighted by molar-refractivity contribution is -0.147. The van der Waals surface area contributed by atoms with Crippen LogP contribution in [0.3, 0.4) is 0 Å². The lowest BCUT2D eigenvalue weighted by atomic mass is 10.0. The molecule has 1 fully saturated rings. The fourth-order valence-electron chi connectivity index (χ4n) is 5.19. The minimum absolute atomic E-state index is 0.0373. The Kier molecular flexibility index (Phi) is 15.6. The molecule has 0 spiro atoms. The first-order valence-electron chi connectivity index (χ1n) is 17.9. The molecule has 55 heavy (non-hydrogen) atoms. The monoisotopic (exact) mass is 808 g/mol. The smallest absolute Gasteiger partial charge is 0.459 e. The van der Waals surface area contributed by atoms with Gasteiger partial charge in [0.05, 0.1) is 19.8 Å². The van der Waals surface area contributed by atoms with Gasteiger partial charge in [-0.15, -0.1) is 0 Å². The molecular formula is C36H50N4O13P2. The van der Waals surface area contributed by atoms with Crippen LogP contribution >= 0.6 is 15.5 Å². The van der Waals surface area contributed by atoms with Crippen LogP contribution in [0.1, 0.15) is 54.7 Å². The second-order valence-electron chi connectivity index (χ2n) is 13.9. The third-order valence-corrected chi connectivity index (χ3v) is 11.2. The van der Waals surface area contributed by atoms with E-state index in [1.165, 1.54) is 44.3 Å². The predicted molar refractivity (Wildman–Crippen MR) is 201 cm³/mol. The Balaban J connectivity index is 1.69. The summed E-state index contributed by atoms with van der Waals surface area (Å²) >= 11 is 0. The SMILES string of the molecule is CC(C)COC(=O)[C@H](C)NP(=O)(OC[C@H]1O[C@@H](n2ccc(=O)[nH]c2=O)[C@@H](C)[C@@H]1OP(=O)(N[C@@H](C)C(=O)OCC(C)C)Oc1ccccc1)Oc1ccccc1. The van der Waals surface area contributed by atoms with Gasteiger partial charge in [-0.2, -0.15) is 10.2 Å². The normalized spacial score (nSPS) is 21.6. The number of hydrogen-bond donors (Lipinski definition) is 3. The molecule has 0 radical (unpaired) electrons. The summed E-state index contributed by atoms with van der Waals surface area (Å²) < 4.78 is 70.9. The molecule has 4 rings (SSSR count). The quantitative estimate of drug-likeness (QED) is 0.0989. The maximum Gasteiger partial charge on any atom is 0.459 e. The number of benzene rings is 2. The lowest BCUT2D eigenvalue weighted by Crippen LogP contribution is -2.40. The minimum atomic E-state index is -4.54. The number of rotatable bonds is 20. The highest BCUT2D eigenvalue weighted by atomic mass is 31.2. The second-order valence-corrected chi connectivity index (χ2v) is 17.2. The zero-order valence-corrected chi connectivity index (χ0v) is 33.6. The fraction of sp³-hybridized carbons (Fsp3) is 0.500. The molecule has 2 unspecified atom stereocenters. The summed E-state index contributed by atoms with van der Waals surface area (Å²) in [5, 5.41) is 5.27. The molecule has 2 heterocycles. The van der Waals surface area contributed by atoms with Crippen molar-refractivity contribution in [2.24, 2.45) is 17.8 Å². The summed E-state index contributed by atoms with van der Waals surface area (Å²) in [6, 6.07) is 15.0. The van der Waals surface area contributed by atoms with Crippen LogP contribution in [-0.2, 0) is 42.0 Å². The third-order valence-electron chi connectivity index (χ3n) is 7.91. The molecular weight excluding hydrogens is 758 g/mol. The van der Waals surface area contributed by atoms with Crippen molar-refractivity contribution in [2.75, 3.05) is 19.8 Å². The maximum absolute atomic E-state index is 14.7. The van der Waals surface area contributed by atoms with Crippen LogP contribution < -0.4 is 30.5 Å². The number of carbonyl (C=O) groups is 2. The summed E-state index contributed by atoms with van der Waals surface area (Å²) in [6.07, 6.45) is -2.44. The van der Waals surface area contributed by atoms with Crippen molar-refractivity contribution in [2.45, 2.75) is 79.0 Å². The number of hydrogen-bond acceptors (Lipinski definition) is 13. The lowest BCUT2D eigenvalue weighted by Gasteiger charge is -2.29. The van der Waals surface area contributed by atoms with Gasteiger partial charge in [0.2, 0.25) is 0 Å². The van der Waals surface area contributed by atoms with E-state index in [4.69, 9.17) is 32.3 Å². The van der Waals surface area contributed by atoms with Crippen LogP contribution in [0.25, 0.3) is 0 Å². The zero-order chi connectivity index (χ0) is 40.3. The highest BCUT2D eigenvalue weighted by Crippen LogP contribution is 2.52. The Morgan fingerprint density at radius 2 is 1.27 bits per heavy atom. The van der Waals surface area contributed by atoms with Gasteiger partial charge in [0.15, 0.2) is 0 Å². The molecule has 1 aliphatic rings. The van der Waals surface area contributed by atoms with E-state index in [1.54, 1.807) is 43.3 Å². The Bertz CT molecular complexity index is 1930. The predicted octanol–water partition coefficient (Wildman–Crippen LogP) is 5.20. The van der Waals surface area contributed by atoms with E-state index in [0.717, 1.165) is 10.6 Å². The van der Waals surface area contributed by atoms with E-state index in [2.05, 4.69) is 15.2 Å². The molecule has 302 valence electrons. The third kappa shape index (κ3) is 13.0. The van der Waals surface area contributed by atoms with Gasteiger partial charge in [-0.25, -0.2) is 13.9 Å². The van der Waals surface area contributed by atoms with Gasteiger partial charge in [0.1, 0.15) is 42.0 Å². The average Bonchev–Trinajstić information content (AvgIpc) is 3.42. The number of H-pyrrole nitrogens is 1. The number of para-hydroxylation sites is 2. The van der Waals surface area contributed by atoms with E-state index in [9.17, 15) is 28.3 Å². The molecule has 19 heteroatoms. The summed E-state index contributed by atoms with van der Waals surface area (Å²) in [5.74, 6) is -1.88. The Morgan fingerprint density at radius 3 is 1.76 bits per heavy atom. The highest BCUT2D eigenvalue weighted by molar-refractivity contribution is 7.52. The van der Waals surface area contributed by atoms with Gasteiger partial charge in [-0.1, -0.05) is 71.0 Å². The van der Waals surface area contributed by atoms with E-state index < -0.39 is 81.7 Å². The Morgan fingerprint density at radius 1 is 0.782 bits per heavy atom. The van der Waals surface area contributed by atoms with Gasteiger partial charge in [-0.3, -0.25) is 33.0 Å². The van der Waals surface area contributed by atoms with Crippen molar-refractivity contribution >= 4 is 27.4 Å². The van der Waals surface area contributed by atoms with E-state index in [1.807, 2.05) is 27.7 Å². The van der Waals surface area contributed by atoms with Gasteiger partial charge < -0.3 is 23.3 Å². The van der Waals surface area contributed by atoms with Gasteiger partial charge in [0, 0.05) is 18.2 Å². The van der Waals surface area contributed by atoms with E-state index >= 15 is 0 Å². The fourth-order valence-corrected chi connectivity index (χ4v) is 8.48. The molecule has 0 aliphatic carbocycles. The molecule has 0 bridgehead atoms. The van der Waals surface area contributed by atoms with Crippen molar-refractivity contribution in [3.8, 4) is 11.5 Å². The Labute approximate surface area is 319 Å². The topological polar surface area (TPSA) is 212 Å². The second kappa shape index (κ2) is 19.7. The Hall–Kier alpha value is -4.08. The molecule has 8 atom stereocenters.